The summed E-state index contributed by atoms with van der Waals surface area (Å²) in [5.74, 6) is 0. The predicted octanol–water partition coefficient (Wildman–Crippen LogP) is 7.80. The summed E-state index contributed by atoms with van der Waals surface area (Å²) >= 11 is 0. The Balaban J connectivity index is 1.45. The van der Waals surface area contributed by atoms with Crippen LogP contribution in [0.1, 0.15) is 11.1 Å². The molecule has 3 aromatic rings. The minimum absolute atomic E-state index is 0.847. The van der Waals surface area contributed by atoms with Gasteiger partial charge in [0.1, 0.15) is 0 Å². The van der Waals surface area contributed by atoms with Crippen molar-refractivity contribution in [1.82, 2.24) is 0 Å². The van der Waals surface area contributed by atoms with Crippen LogP contribution in [0.15, 0.2) is 86.3 Å². The van der Waals surface area contributed by atoms with E-state index in [1.165, 1.54) is 11.1 Å². The summed E-state index contributed by atoms with van der Waals surface area (Å²) in [6.07, 6.45) is 1.69. The first-order valence-corrected chi connectivity index (χ1v) is 15.4. The minimum Gasteiger partial charge on any atom is -0.334 e. The summed E-state index contributed by atoms with van der Waals surface area (Å²) in [5, 5.41) is 14.9. The molecule has 4 aliphatic rings. The third-order valence-corrected chi connectivity index (χ3v) is 16.4. The number of para-hydroxylation sites is 4. The van der Waals surface area contributed by atoms with Gasteiger partial charge in [-0.1, -0.05) is 48.5 Å². The Morgan fingerprint density at radius 2 is 0.967 bits per heavy atom. The summed E-state index contributed by atoms with van der Waals surface area (Å²) in [6.45, 7) is 0. The van der Waals surface area contributed by atoms with Crippen molar-refractivity contribution < 1.29 is 0 Å². The van der Waals surface area contributed by atoms with E-state index >= 15 is 0 Å². The lowest BCUT2D eigenvalue weighted by atomic mass is 10.2. The Labute approximate surface area is 175 Å². The van der Waals surface area contributed by atoms with Crippen LogP contribution in [-0.2, 0) is 12.3 Å². The molecule has 0 saturated carbocycles. The SMILES string of the molecule is c1ccc2c(c1)CP1(=NP3(=NP4(=N1)Nc1ccccc1N4)Cc1ccccc1N3)N2. The number of hydrogen-bond donors (Lipinski definition) is 4. The molecule has 2 atom stereocenters. The number of nitrogens with one attached hydrogen (secondary N) is 4. The van der Waals surface area contributed by atoms with Gasteiger partial charge in [0.25, 0.3) is 7.51 Å². The van der Waals surface area contributed by atoms with E-state index in [1.807, 2.05) is 12.1 Å². The van der Waals surface area contributed by atoms with Gasteiger partial charge >= 0.3 is 0 Å². The summed E-state index contributed by atoms with van der Waals surface area (Å²) in [4.78, 5) is 0. The minimum atomic E-state index is -2.38. The molecule has 10 heteroatoms. The van der Waals surface area contributed by atoms with Crippen LogP contribution in [0, 0.1) is 0 Å². The zero-order valence-corrected chi connectivity index (χ0v) is 18.7. The Hall–Kier alpha value is -2.45. The molecule has 0 amide bonds. The van der Waals surface area contributed by atoms with Crippen LogP contribution in [-0.4, -0.2) is 0 Å². The second-order valence-corrected chi connectivity index (χ2v) is 15.8. The van der Waals surface area contributed by atoms with Crippen LogP contribution >= 0.6 is 22.2 Å². The molecule has 0 radical (unpaired) electrons. The number of nitrogens with zero attached hydrogens (tertiary/aromatic N) is 3. The monoisotopic (exact) mass is 451 g/mol. The number of fused-ring (bicyclic) bond motifs is 3. The number of benzene rings is 3. The van der Waals surface area contributed by atoms with Crippen LogP contribution in [0.5, 0.6) is 0 Å². The molecule has 0 aromatic heterocycles. The summed E-state index contributed by atoms with van der Waals surface area (Å²) in [5.41, 5.74) is 7.06. The molecule has 3 spiro atoms. The van der Waals surface area contributed by atoms with E-state index < -0.39 is 22.2 Å². The predicted molar refractivity (Wildman–Crippen MR) is 129 cm³/mol. The Morgan fingerprint density at radius 1 is 0.500 bits per heavy atom. The van der Waals surface area contributed by atoms with Gasteiger partial charge in [0.05, 0.1) is 11.4 Å². The van der Waals surface area contributed by atoms with Crippen molar-refractivity contribution in [1.29, 1.82) is 0 Å². The highest BCUT2D eigenvalue weighted by Gasteiger charge is 2.44. The summed E-state index contributed by atoms with van der Waals surface area (Å²) in [7, 11) is -6.76. The van der Waals surface area contributed by atoms with Gasteiger partial charge in [-0.05, 0) is 35.4 Å². The molecule has 7 nitrogen and oxygen atoms in total. The second kappa shape index (κ2) is 5.82. The van der Waals surface area contributed by atoms with Crippen molar-refractivity contribution in [3.05, 3.63) is 83.9 Å². The maximum absolute atomic E-state index is 5.47. The average Bonchev–Trinajstić information content (AvgIpc) is 3.36. The third-order valence-electron chi connectivity index (χ3n) is 5.75. The van der Waals surface area contributed by atoms with E-state index in [2.05, 4.69) is 81.0 Å². The first-order valence-electron chi connectivity index (χ1n) is 9.92. The lowest BCUT2D eigenvalue weighted by molar-refractivity contribution is 1.40. The van der Waals surface area contributed by atoms with Gasteiger partial charge in [-0.25, -0.2) is 4.52 Å². The average molecular weight is 451 g/mol. The Morgan fingerprint density at radius 3 is 1.50 bits per heavy atom. The van der Waals surface area contributed by atoms with E-state index in [-0.39, 0.29) is 0 Å². The smallest absolute Gasteiger partial charge is 0.265 e. The Bertz CT molecular complexity index is 1140. The fraction of sp³-hybridized carbons (Fsp3) is 0.100. The van der Waals surface area contributed by atoms with E-state index in [0.717, 1.165) is 35.1 Å². The van der Waals surface area contributed by atoms with Crippen LogP contribution in [0.3, 0.4) is 0 Å². The number of anilines is 4. The molecule has 4 aliphatic heterocycles. The Kier molecular flexibility index (Phi) is 3.35. The van der Waals surface area contributed by atoms with Crippen molar-refractivity contribution in [2.24, 2.45) is 13.5 Å². The van der Waals surface area contributed by atoms with Gasteiger partial charge in [0.15, 0.2) is 14.7 Å². The van der Waals surface area contributed by atoms with Crippen LogP contribution in [0.4, 0.5) is 22.7 Å². The van der Waals surface area contributed by atoms with Crippen molar-refractivity contribution in [2.75, 3.05) is 20.3 Å². The van der Waals surface area contributed by atoms with E-state index in [0.29, 0.717) is 0 Å². The number of hydrogen-bond acceptors (Lipinski definition) is 7. The molecule has 4 N–H and O–H groups in total. The highest BCUT2D eigenvalue weighted by Crippen LogP contribution is 2.82. The molecule has 0 bridgehead atoms. The van der Waals surface area contributed by atoms with Gasteiger partial charge in [0, 0.05) is 23.7 Å². The highest BCUT2D eigenvalue weighted by atomic mass is 31.3. The molecule has 0 fully saturated rings. The summed E-state index contributed by atoms with van der Waals surface area (Å²) in [6, 6.07) is 25.3. The van der Waals surface area contributed by atoms with Gasteiger partial charge in [0.2, 0.25) is 0 Å². The largest absolute Gasteiger partial charge is 0.334 e. The van der Waals surface area contributed by atoms with Gasteiger partial charge in [-0.3, -0.25) is 0 Å². The second-order valence-electron chi connectivity index (χ2n) is 7.95. The fourth-order valence-electron chi connectivity index (χ4n) is 4.55. The molecular weight excluding hydrogens is 431 g/mol. The molecule has 30 heavy (non-hydrogen) atoms. The van der Waals surface area contributed by atoms with E-state index in [9.17, 15) is 0 Å². The molecule has 0 saturated heterocycles. The highest BCUT2D eigenvalue weighted by molar-refractivity contribution is 7.89. The molecule has 0 aliphatic carbocycles. The first-order chi connectivity index (χ1) is 14.6. The van der Waals surface area contributed by atoms with Crippen molar-refractivity contribution in [3.8, 4) is 0 Å². The molecule has 3 aromatic carbocycles. The molecule has 4 heterocycles. The zero-order chi connectivity index (χ0) is 19.8. The van der Waals surface area contributed by atoms with Crippen LogP contribution in [0.25, 0.3) is 0 Å². The van der Waals surface area contributed by atoms with Crippen LogP contribution < -0.4 is 20.3 Å². The lowest BCUT2D eigenvalue weighted by Gasteiger charge is -2.31. The quantitative estimate of drug-likeness (QED) is 0.263. The van der Waals surface area contributed by atoms with E-state index in [4.69, 9.17) is 13.5 Å². The van der Waals surface area contributed by atoms with Gasteiger partial charge in [-0.15, -0.1) is 0 Å². The summed E-state index contributed by atoms with van der Waals surface area (Å²) < 4.78 is 16.3. The maximum atomic E-state index is 5.47. The van der Waals surface area contributed by atoms with Crippen molar-refractivity contribution in [3.63, 3.8) is 0 Å². The normalized spacial score (nSPS) is 28.1. The fourth-order valence-corrected chi connectivity index (χ4v) is 17.8. The first kappa shape index (κ1) is 17.3. The molecule has 7 rings (SSSR count). The molecule has 150 valence electrons. The zero-order valence-electron chi connectivity index (χ0n) is 16.0. The van der Waals surface area contributed by atoms with E-state index in [1.54, 1.807) is 0 Å². The standard InChI is InChI=1S/C20H20N7P3/c1-3-9-17-15(7-1)13-28(21-17)25-29(14-16-8-2-4-10-18(16)22-29)27-30(26-28)23-19-11-5-6-12-20(19)24-30/h1-12,21-24H,13-14H2. The van der Waals surface area contributed by atoms with Gasteiger partial charge in [-0.2, -0.15) is 9.03 Å². The lowest BCUT2D eigenvalue weighted by Crippen LogP contribution is -2.03. The van der Waals surface area contributed by atoms with Crippen LogP contribution in [0.2, 0.25) is 0 Å². The molecule has 2 unspecified atom stereocenters. The third kappa shape index (κ3) is 2.50. The molecular formula is C20H20N7P3. The topological polar surface area (TPSA) is 85.2 Å². The maximum Gasteiger partial charge on any atom is 0.265 e. The van der Waals surface area contributed by atoms with Crippen molar-refractivity contribution >= 4 is 45.0 Å². The van der Waals surface area contributed by atoms with Crippen molar-refractivity contribution in [2.45, 2.75) is 12.3 Å². The van der Waals surface area contributed by atoms with Gasteiger partial charge < -0.3 is 20.3 Å². The number of rotatable bonds is 0.